The summed E-state index contributed by atoms with van der Waals surface area (Å²) in [5, 5.41) is 0. The van der Waals surface area contributed by atoms with Crippen LogP contribution >= 0.6 is 0 Å². The Morgan fingerprint density at radius 1 is 1.06 bits per heavy atom. The summed E-state index contributed by atoms with van der Waals surface area (Å²) in [7, 11) is 1.53. The molecule has 0 fully saturated rings. The van der Waals surface area contributed by atoms with Gasteiger partial charge in [0.1, 0.15) is 11.4 Å². The molecule has 4 nitrogen and oxygen atoms in total. The Morgan fingerprint density at radius 3 is 2.47 bits per heavy atom. The molecule has 1 heterocycles. The molecule has 0 aliphatic rings. The van der Waals surface area contributed by atoms with Crippen molar-refractivity contribution in [3.63, 3.8) is 0 Å². The average Bonchev–Trinajstić information content (AvgIpc) is 2.34. The van der Waals surface area contributed by atoms with Crippen LogP contribution in [-0.4, -0.2) is 10.5 Å². The first kappa shape index (κ1) is 11.1. The fraction of sp³-hybridized carbons (Fsp3) is 0.0769. The lowest BCUT2D eigenvalue weighted by molar-refractivity contribution is 0.0723. The smallest absolute Gasteiger partial charge is 0.360 e. The molecule has 0 aliphatic heterocycles. The molecule has 0 aliphatic carbocycles. The Morgan fingerprint density at radius 2 is 1.76 bits per heavy atom. The molecule has 0 saturated heterocycles. The van der Waals surface area contributed by atoms with Crippen molar-refractivity contribution in [3.8, 4) is 5.75 Å². The number of aromatic nitrogens is 1. The van der Waals surface area contributed by atoms with E-state index < -0.39 is 5.97 Å². The van der Waals surface area contributed by atoms with Gasteiger partial charge in [-0.05, 0) is 18.2 Å². The van der Waals surface area contributed by atoms with Crippen LogP contribution in [0.4, 0.5) is 0 Å². The van der Waals surface area contributed by atoms with Gasteiger partial charge >= 0.3 is 5.97 Å². The van der Waals surface area contributed by atoms with E-state index in [0.717, 1.165) is 0 Å². The number of hydrogen-bond donors (Lipinski definition) is 0. The molecule has 2 aromatic rings. The van der Waals surface area contributed by atoms with Crippen molar-refractivity contribution >= 4 is 5.97 Å². The van der Waals surface area contributed by atoms with Crippen LogP contribution in [0.25, 0.3) is 0 Å². The second-order valence-electron chi connectivity index (χ2n) is 3.51. The lowest BCUT2D eigenvalue weighted by atomic mass is 10.3. The molecule has 0 saturated carbocycles. The van der Waals surface area contributed by atoms with Crippen LogP contribution in [0.5, 0.6) is 5.75 Å². The van der Waals surface area contributed by atoms with Crippen molar-refractivity contribution in [3.05, 3.63) is 64.6 Å². The van der Waals surface area contributed by atoms with Crippen LogP contribution in [-0.2, 0) is 7.05 Å². The lowest BCUT2D eigenvalue weighted by Gasteiger charge is -2.07. The fourth-order valence-electron chi connectivity index (χ4n) is 1.42. The molecular weight excluding hydrogens is 218 g/mol. The first-order valence-corrected chi connectivity index (χ1v) is 5.12. The highest BCUT2D eigenvalue weighted by molar-refractivity contribution is 5.89. The van der Waals surface area contributed by atoms with Gasteiger partial charge in [-0.3, -0.25) is 4.79 Å². The summed E-state index contributed by atoms with van der Waals surface area (Å²) in [5.41, 5.74) is -0.0196. The second kappa shape index (κ2) is 4.65. The number of rotatable bonds is 2. The van der Waals surface area contributed by atoms with Crippen LogP contribution < -0.4 is 10.3 Å². The number of para-hydroxylation sites is 1. The number of nitrogens with zero attached hydrogens (tertiary/aromatic N) is 1. The predicted octanol–water partition coefficient (Wildman–Crippen LogP) is 1.60. The van der Waals surface area contributed by atoms with Gasteiger partial charge in [0.15, 0.2) is 0 Å². The number of pyridine rings is 1. The summed E-state index contributed by atoms with van der Waals surface area (Å²) < 4.78 is 6.39. The minimum Gasteiger partial charge on any atom is -0.422 e. The molecule has 4 heteroatoms. The van der Waals surface area contributed by atoms with Gasteiger partial charge in [0.2, 0.25) is 0 Å². The zero-order valence-corrected chi connectivity index (χ0v) is 9.29. The summed E-state index contributed by atoms with van der Waals surface area (Å²) in [6, 6.07) is 13.2. The zero-order valence-electron chi connectivity index (χ0n) is 9.29. The number of esters is 1. The molecule has 0 unspecified atom stereocenters. The van der Waals surface area contributed by atoms with E-state index >= 15 is 0 Å². The topological polar surface area (TPSA) is 48.3 Å². The van der Waals surface area contributed by atoms with Crippen molar-refractivity contribution < 1.29 is 9.53 Å². The zero-order chi connectivity index (χ0) is 12.3. The van der Waals surface area contributed by atoms with Gasteiger partial charge in [-0.15, -0.1) is 0 Å². The summed E-state index contributed by atoms with van der Waals surface area (Å²) in [5.74, 6) is -0.0924. The largest absolute Gasteiger partial charge is 0.422 e. The monoisotopic (exact) mass is 229 g/mol. The van der Waals surface area contributed by atoms with Gasteiger partial charge in [0.05, 0.1) is 0 Å². The third-order valence-corrected chi connectivity index (χ3v) is 2.35. The average molecular weight is 229 g/mol. The Labute approximate surface area is 98.1 Å². The van der Waals surface area contributed by atoms with Crippen molar-refractivity contribution in [2.45, 2.75) is 0 Å². The minimum atomic E-state index is -0.545. The third kappa shape index (κ3) is 2.42. The van der Waals surface area contributed by atoms with Crippen molar-refractivity contribution in [1.82, 2.24) is 4.57 Å². The normalized spacial score (nSPS) is 9.94. The van der Waals surface area contributed by atoms with Crippen LogP contribution in [0.3, 0.4) is 0 Å². The lowest BCUT2D eigenvalue weighted by Crippen LogP contribution is -2.24. The molecule has 2 rings (SSSR count). The maximum absolute atomic E-state index is 11.8. The van der Waals surface area contributed by atoms with Crippen molar-refractivity contribution in [2.75, 3.05) is 0 Å². The Kier molecular flexibility index (Phi) is 3.05. The maximum Gasteiger partial charge on any atom is 0.360 e. The number of ether oxygens (including phenoxy) is 1. The first-order chi connectivity index (χ1) is 8.18. The predicted molar refractivity (Wildman–Crippen MR) is 63.1 cm³/mol. The highest BCUT2D eigenvalue weighted by Gasteiger charge is 2.11. The molecule has 0 atom stereocenters. The Bertz CT molecular complexity index is 587. The van der Waals surface area contributed by atoms with E-state index in [2.05, 4.69) is 0 Å². The maximum atomic E-state index is 11.8. The van der Waals surface area contributed by atoms with Gasteiger partial charge in [0, 0.05) is 13.1 Å². The molecule has 1 aromatic carbocycles. The molecule has 0 spiro atoms. The van der Waals surface area contributed by atoms with E-state index in [1.165, 1.54) is 23.7 Å². The van der Waals surface area contributed by atoms with Crippen LogP contribution in [0.2, 0.25) is 0 Å². The third-order valence-electron chi connectivity index (χ3n) is 2.35. The molecule has 1 aromatic heterocycles. The number of carbonyl (C=O) groups excluding carboxylic acids is 1. The number of benzene rings is 1. The van der Waals surface area contributed by atoms with E-state index in [1.807, 2.05) is 6.07 Å². The molecule has 17 heavy (non-hydrogen) atoms. The highest BCUT2D eigenvalue weighted by atomic mass is 16.5. The van der Waals surface area contributed by atoms with Crippen molar-refractivity contribution in [2.24, 2.45) is 7.05 Å². The molecule has 0 radical (unpaired) electrons. The van der Waals surface area contributed by atoms with Crippen LogP contribution in [0.1, 0.15) is 10.5 Å². The molecule has 86 valence electrons. The van der Waals surface area contributed by atoms with Crippen LogP contribution in [0.15, 0.2) is 53.3 Å². The van der Waals surface area contributed by atoms with E-state index in [9.17, 15) is 9.59 Å². The first-order valence-electron chi connectivity index (χ1n) is 5.12. The standard InChI is InChI=1S/C13H11NO3/c1-14-11(8-5-9-12(14)15)13(16)17-10-6-3-2-4-7-10/h2-9H,1H3. The van der Waals surface area contributed by atoms with E-state index in [1.54, 1.807) is 30.3 Å². The molecule has 0 N–H and O–H groups in total. The van der Waals surface area contributed by atoms with Crippen LogP contribution in [0, 0.1) is 0 Å². The van der Waals surface area contributed by atoms with E-state index in [4.69, 9.17) is 4.74 Å². The van der Waals surface area contributed by atoms with Gasteiger partial charge in [-0.1, -0.05) is 24.3 Å². The Balaban J connectivity index is 2.27. The van der Waals surface area contributed by atoms with E-state index in [0.29, 0.717) is 5.75 Å². The summed E-state index contributed by atoms with van der Waals surface area (Å²) in [6.07, 6.45) is 0. The van der Waals surface area contributed by atoms with Gasteiger partial charge < -0.3 is 9.30 Å². The summed E-state index contributed by atoms with van der Waals surface area (Å²) >= 11 is 0. The highest BCUT2D eigenvalue weighted by Crippen LogP contribution is 2.10. The summed E-state index contributed by atoms with van der Waals surface area (Å²) in [4.78, 5) is 23.2. The Hall–Kier alpha value is -2.36. The molecule has 0 bridgehead atoms. The van der Waals surface area contributed by atoms with E-state index in [-0.39, 0.29) is 11.3 Å². The molecular formula is C13H11NO3. The number of carbonyl (C=O) groups is 1. The van der Waals surface area contributed by atoms with Gasteiger partial charge in [-0.25, -0.2) is 4.79 Å². The summed E-state index contributed by atoms with van der Waals surface area (Å²) in [6.45, 7) is 0. The van der Waals surface area contributed by atoms with Gasteiger partial charge in [-0.2, -0.15) is 0 Å². The fourth-order valence-corrected chi connectivity index (χ4v) is 1.42. The molecule has 0 amide bonds. The van der Waals surface area contributed by atoms with Crippen molar-refractivity contribution in [1.29, 1.82) is 0 Å². The second-order valence-corrected chi connectivity index (χ2v) is 3.51. The SMILES string of the molecule is Cn1c(C(=O)Oc2ccccc2)cccc1=O. The minimum absolute atomic E-state index is 0.223. The van der Waals surface area contributed by atoms with Gasteiger partial charge in [0.25, 0.3) is 5.56 Å². The number of hydrogen-bond acceptors (Lipinski definition) is 3. The quantitative estimate of drug-likeness (QED) is 0.580.